The van der Waals surface area contributed by atoms with Gasteiger partial charge in [-0.05, 0) is 49.3 Å². The largest absolute Gasteiger partial charge is 0.494 e. The van der Waals surface area contributed by atoms with Crippen molar-refractivity contribution >= 4 is 0 Å². The maximum absolute atomic E-state index is 9.41. The molecular weight excluding hydrogens is 200 g/mol. The first-order chi connectivity index (χ1) is 7.78. The van der Waals surface area contributed by atoms with Gasteiger partial charge >= 0.3 is 0 Å². The molecule has 1 N–H and O–H groups in total. The molecule has 1 aromatic rings. The van der Waals surface area contributed by atoms with Gasteiger partial charge in [0.1, 0.15) is 5.75 Å². The van der Waals surface area contributed by atoms with Crippen molar-refractivity contribution in [2.45, 2.75) is 32.6 Å². The molecule has 0 atom stereocenters. The van der Waals surface area contributed by atoms with E-state index in [1.165, 1.54) is 12.0 Å². The van der Waals surface area contributed by atoms with Crippen LogP contribution in [0, 0.1) is 5.41 Å². The lowest BCUT2D eigenvalue weighted by atomic mass is 9.66. The van der Waals surface area contributed by atoms with Crippen LogP contribution in [0.3, 0.4) is 0 Å². The lowest BCUT2D eigenvalue weighted by Crippen LogP contribution is -2.35. The van der Waals surface area contributed by atoms with E-state index in [9.17, 15) is 5.11 Å². The van der Waals surface area contributed by atoms with Crippen molar-refractivity contribution in [1.82, 2.24) is 0 Å². The van der Waals surface area contributed by atoms with Crippen LogP contribution >= 0.6 is 0 Å². The minimum absolute atomic E-state index is 0.174. The van der Waals surface area contributed by atoms with E-state index in [-0.39, 0.29) is 5.41 Å². The molecule has 1 aromatic carbocycles. The molecule has 0 amide bonds. The summed E-state index contributed by atoms with van der Waals surface area (Å²) in [6.45, 7) is 3.02. The minimum Gasteiger partial charge on any atom is -0.494 e. The summed E-state index contributed by atoms with van der Waals surface area (Å²) in [5, 5.41) is 9.41. The minimum atomic E-state index is 0.174. The van der Waals surface area contributed by atoms with Crippen LogP contribution in [0.15, 0.2) is 24.3 Å². The number of hydrogen-bond donors (Lipinski definition) is 1. The fourth-order valence-corrected chi connectivity index (χ4v) is 2.37. The fourth-order valence-electron chi connectivity index (χ4n) is 2.37. The Kier molecular flexibility index (Phi) is 3.49. The second-order valence-electron chi connectivity index (χ2n) is 4.77. The standard InChI is InChI=1S/C14H20O2/c1-2-16-13-6-4-12(5-7-13)10-14(11-15)8-3-9-14/h4-7,15H,2-3,8-11H2,1H3. The Morgan fingerprint density at radius 2 is 1.94 bits per heavy atom. The van der Waals surface area contributed by atoms with E-state index in [2.05, 4.69) is 12.1 Å². The summed E-state index contributed by atoms with van der Waals surface area (Å²) in [7, 11) is 0. The van der Waals surface area contributed by atoms with Crippen LogP contribution in [0.1, 0.15) is 31.7 Å². The number of ether oxygens (including phenoxy) is 1. The van der Waals surface area contributed by atoms with Gasteiger partial charge in [-0.1, -0.05) is 18.6 Å². The second kappa shape index (κ2) is 4.88. The van der Waals surface area contributed by atoms with Gasteiger partial charge in [0.15, 0.2) is 0 Å². The monoisotopic (exact) mass is 220 g/mol. The van der Waals surface area contributed by atoms with Crippen molar-refractivity contribution in [2.75, 3.05) is 13.2 Å². The fraction of sp³-hybridized carbons (Fsp3) is 0.571. The van der Waals surface area contributed by atoms with Gasteiger partial charge < -0.3 is 9.84 Å². The number of rotatable bonds is 5. The van der Waals surface area contributed by atoms with Gasteiger partial charge in [0.05, 0.1) is 6.61 Å². The molecule has 0 unspecified atom stereocenters. The third-order valence-electron chi connectivity index (χ3n) is 3.56. The van der Waals surface area contributed by atoms with Gasteiger partial charge in [-0.2, -0.15) is 0 Å². The second-order valence-corrected chi connectivity index (χ2v) is 4.77. The topological polar surface area (TPSA) is 29.5 Å². The zero-order chi connectivity index (χ0) is 11.4. The quantitative estimate of drug-likeness (QED) is 0.826. The molecule has 2 heteroatoms. The summed E-state index contributed by atoms with van der Waals surface area (Å²) in [6.07, 6.45) is 4.58. The molecule has 0 radical (unpaired) electrons. The Bertz CT molecular complexity index is 320. The highest BCUT2D eigenvalue weighted by Gasteiger charge is 2.36. The number of aliphatic hydroxyl groups is 1. The van der Waals surface area contributed by atoms with Crippen LogP contribution in [-0.2, 0) is 6.42 Å². The summed E-state index contributed by atoms with van der Waals surface area (Å²) in [5.41, 5.74) is 1.48. The Balaban J connectivity index is 1.99. The zero-order valence-corrected chi connectivity index (χ0v) is 9.91. The van der Waals surface area contributed by atoms with Crippen LogP contribution in [0.5, 0.6) is 5.75 Å². The van der Waals surface area contributed by atoms with Gasteiger partial charge in [-0.25, -0.2) is 0 Å². The average molecular weight is 220 g/mol. The predicted octanol–water partition coefficient (Wildman–Crippen LogP) is 2.79. The Labute approximate surface area is 97.3 Å². The van der Waals surface area contributed by atoms with E-state index in [4.69, 9.17) is 4.74 Å². The Hall–Kier alpha value is -1.02. The van der Waals surface area contributed by atoms with E-state index in [0.717, 1.165) is 25.0 Å². The molecule has 1 saturated carbocycles. The summed E-state index contributed by atoms with van der Waals surface area (Å²) < 4.78 is 5.41. The smallest absolute Gasteiger partial charge is 0.119 e. The molecule has 0 spiro atoms. The van der Waals surface area contributed by atoms with Crippen molar-refractivity contribution in [3.05, 3.63) is 29.8 Å². The molecule has 88 valence electrons. The average Bonchev–Trinajstić information content (AvgIpc) is 2.26. The van der Waals surface area contributed by atoms with Gasteiger partial charge in [0.2, 0.25) is 0 Å². The molecule has 2 rings (SSSR count). The molecule has 16 heavy (non-hydrogen) atoms. The summed E-state index contributed by atoms with van der Waals surface area (Å²) in [6, 6.07) is 8.26. The highest BCUT2D eigenvalue weighted by molar-refractivity contribution is 5.28. The van der Waals surface area contributed by atoms with Crippen molar-refractivity contribution in [1.29, 1.82) is 0 Å². The lowest BCUT2D eigenvalue weighted by Gasteiger charge is -2.40. The molecule has 0 aliphatic heterocycles. The first-order valence-electron chi connectivity index (χ1n) is 6.11. The third-order valence-corrected chi connectivity index (χ3v) is 3.56. The molecule has 0 bridgehead atoms. The number of hydrogen-bond acceptors (Lipinski definition) is 2. The molecule has 1 fully saturated rings. The highest BCUT2D eigenvalue weighted by atomic mass is 16.5. The molecular formula is C14H20O2. The summed E-state index contributed by atoms with van der Waals surface area (Å²) in [5.74, 6) is 0.929. The van der Waals surface area contributed by atoms with E-state index >= 15 is 0 Å². The Morgan fingerprint density at radius 1 is 1.25 bits per heavy atom. The predicted molar refractivity (Wildman–Crippen MR) is 64.7 cm³/mol. The van der Waals surface area contributed by atoms with Gasteiger partial charge in [-0.15, -0.1) is 0 Å². The first kappa shape index (κ1) is 11.5. The van der Waals surface area contributed by atoms with E-state index in [1.807, 2.05) is 19.1 Å². The van der Waals surface area contributed by atoms with Crippen LogP contribution < -0.4 is 4.74 Å². The van der Waals surface area contributed by atoms with E-state index < -0.39 is 0 Å². The maximum atomic E-state index is 9.41. The summed E-state index contributed by atoms with van der Waals surface area (Å²) in [4.78, 5) is 0. The van der Waals surface area contributed by atoms with Crippen molar-refractivity contribution in [3.63, 3.8) is 0 Å². The molecule has 0 aromatic heterocycles. The lowest BCUT2D eigenvalue weighted by molar-refractivity contribution is 0.0450. The number of benzene rings is 1. The third kappa shape index (κ3) is 2.38. The van der Waals surface area contributed by atoms with Crippen LogP contribution in [0.2, 0.25) is 0 Å². The normalized spacial score (nSPS) is 17.9. The van der Waals surface area contributed by atoms with Crippen molar-refractivity contribution < 1.29 is 9.84 Å². The zero-order valence-electron chi connectivity index (χ0n) is 9.91. The van der Waals surface area contributed by atoms with Crippen LogP contribution in [-0.4, -0.2) is 18.3 Å². The van der Waals surface area contributed by atoms with Crippen LogP contribution in [0.25, 0.3) is 0 Å². The van der Waals surface area contributed by atoms with E-state index in [0.29, 0.717) is 13.2 Å². The SMILES string of the molecule is CCOc1ccc(CC2(CO)CCC2)cc1. The van der Waals surface area contributed by atoms with Crippen molar-refractivity contribution in [2.24, 2.45) is 5.41 Å². The summed E-state index contributed by atoms with van der Waals surface area (Å²) >= 11 is 0. The molecule has 1 aliphatic rings. The number of aliphatic hydroxyl groups excluding tert-OH is 1. The molecule has 2 nitrogen and oxygen atoms in total. The van der Waals surface area contributed by atoms with Gasteiger partial charge in [0.25, 0.3) is 0 Å². The van der Waals surface area contributed by atoms with Crippen molar-refractivity contribution in [3.8, 4) is 5.75 Å². The maximum Gasteiger partial charge on any atom is 0.119 e. The molecule has 0 heterocycles. The molecule has 0 saturated heterocycles. The van der Waals surface area contributed by atoms with Gasteiger partial charge in [-0.3, -0.25) is 0 Å². The van der Waals surface area contributed by atoms with Crippen LogP contribution in [0.4, 0.5) is 0 Å². The highest BCUT2D eigenvalue weighted by Crippen LogP contribution is 2.43. The first-order valence-corrected chi connectivity index (χ1v) is 6.11. The molecule has 1 aliphatic carbocycles. The van der Waals surface area contributed by atoms with E-state index in [1.54, 1.807) is 0 Å². The Morgan fingerprint density at radius 3 is 2.38 bits per heavy atom. The van der Waals surface area contributed by atoms with Gasteiger partial charge in [0, 0.05) is 6.61 Å².